The van der Waals surface area contributed by atoms with E-state index >= 15 is 0 Å². The minimum atomic E-state index is 0.376. The third kappa shape index (κ3) is 3.25. The fraction of sp³-hybridized carbons (Fsp3) is 0.571. The minimum Gasteiger partial charge on any atom is -0.310 e. The second-order valence-electron chi connectivity index (χ2n) is 5.05. The van der Waals surface area contributed by atoms with Crippen LogP contribution in [0.1, 0.15) is 26.1 Å². The van der Waals surface area contributed by atoms with Crippen molar-refractivity contribution in [2.75, 3.05) is 13.6 Å². The highest BCUT2D eigenvalue weighted by Crippen LogP contribution is 2.19. The first kappa shape index (κ1) is 15.5. The molecule has 0 aromatic carbocycles. The van der Waals surface area contributed by atoms with Gasteiger partial charge in [0.25, 0.3) is 0 Å². The van der Waals surface area contributed by atoms with Crippen LogP contribution in [0.15, 0.2) is 12.3 Å². The van der Waals surface area contributed by atoms with Crippen molar-refractivity contribution < 1.29 is 0 Å². The summed E-state index contributed by atoms with van der Waals surface area (Å²) < 4.78 is 2.08. The van der Waals surface area contributed by atoms with Gasteiger partial charge in [-0.3, -0.25) is 0 Å². The number of halogens is 2. The predicted molar refractivity (Wildman–Crippen MR) is 84.5 cm³/mol. The average Bonchev–Trinajstić information content (AvgIpc) is 2.80. The highest BCUT2D eigenvalue weighted by atomic mass is 35.5. The number of likely N-dealkylation sites (N-methyl/N-ethyl adjacent to an activating group) is 1. The van der Waals surface area contributed by atoms with Gasteiger partial charge in [0.1, 0.15) is 11.3 Å². The molecule has 0 N–H and O–H groups in total. The van der Waals surface area contributed by atoms with E-state index in [9.17, 15) is 0 Å². The molecule has 0 radical (unpaired) electrons. The average molecular weight is 315 g/mol. The maximum Gasteiger partial charge on any atom is 0.160 e. The Morgan fingerprint density at radius 1 is 1.45 bits per heavy atom. The fourth-order valence-electron chi connectivity index (χ4n) is 2.16. The molecule has 20 heavy (non-hydrogen) atoms. The van der Waals surface area contributed by atoms with Crippen LogP contribution < -0.4 is 0 Å². The molecule has 2 aromatic rings. The van der Waals surface area contributed by atoms with Gasteiger partial charge in [0.2, 0.25) is 0 Å². The van der Waals surface area contributed by atoms with Crippen molar-refractivity contribution in [2.45, 2.75) is 38.7 Å². The van der Waals surface area contributed by atoms with E-state index < -0.39 is 0 Å². The summed E-state index contributed by atoms with van der Waals surface area (Å²) >= 11 is 11.9. The van der Waals surface area contributed by atoms with E-state index in [0.29, 0.717) is 16.9 Å². The van der Waals surface area contributed by atoms with Crippen LogP contribution in [0.2, 0.25) is 5.02 Å². The highest BCUT2D eigenvalue weighted by Gasteiger charge is 2.13. The first-order chi connectivity index (χ1) is 9.56. The summed E-state index contributed by atoms with van der Waals surface area (Å²) in [7, 11) is 2.14. The summed E-state index contributed by atoms with van der Waals surface area (Å²) in [5.74, 6) is 1.22. The molecular weight excluding hydrogens is 295 g/mol. The van der Waals surface area contributed by atoms with E-state index in [4.69, 9.17) is 23.2 Å². The van der Waals surface area contributed by atoms with Gasteiger partial charge in [0.05, 0.1) is 10.9 Å². The smallest absolute Gasteiger partial charge is 0.160 e. The standard InChI is InChI=1S/C14H20Cl2N4/c1-4-10(2)19(3)5-6-20-13(8-15)18-12-7-11(16)9-17-14(12)20/h7,9-10H,4-6,8H2,1-3H3. The third-order valence-corrected chi connectivity index (χ3v) is 4.22. The van der Waals surface area contributed by atoms with Crippen LogP contribution in [0.25, 0.3) is 11.2 Å². The Hall–Kier alpha value is -0.840. The van der Waals surface area contributed by atoms with Gasteiger partial charge in [-0.15, -0.1) is 11.6 Å². The zero-order valence-corrected chi connectivity index (χ0v) is 13.6. The third-order valence-electron chi connectivity index (χ3n) is 3.77. The molecule has 1 unspecified atom stereocenters. The summed E-state index contributed by atoms with van der Waals surface area (Å²) in [5, 5.41) is 0.597. The molecule has 2 heterocycles. The Labute approximate surface area is 129 Å². The van der Waals surface area contributed by atoms with Gasteiger partial charge >= 0.3 is 0 Å². The van der Waals surface area contributed by atoms with Crippen LogP contribution in [-0.2, 0) is 12.4 Å². The molecule has 0 fully saturated rings. The first-order valence-electron chi connectivity index (χ1n) is 6.83. The first-order valence-corrected chi connectivity index (χ1v) is 7.75. The Kier molecular flexibility index (Phi) is 5.24. The summed E-state index contributed by atoms with van der Waals surface area (Å²) in [6.45, 7) is 6.19. The lowest BCUT2D eigenvalue weighted by atomic mass is 10.2. The van der Waals surface area contributed by atoms with Crippen molar-refractivity contribution in [3.05, 3.63) is 23.1 Å². The molecule has 0 aliphatic carbocycles. The number of nitrogens with zero attached hydrogens (tertiary/aromatic N) is 4. The van der Waals surface area contributed by atoms with Crippen LogP contribution in [0.4, 0.5) is 0 Å². The molecule has 0 aliphatic heterocycles. The van der Waals surface area contributed by atoms with Crippen LogP contribution in [0, 0.1) is 0 Å². The van der Waals surface area contributed by atoms with Gasteiger partial charge in [0.15, 0.2) is 5.65 Å². The van der Waals surface area contributed by atoms with Crippen LogP contribution in [0.3, 0.4) is 0 Å². The van der Waals surface area contributed by atoms with Gasteiger partial charge in [-0.05, 0) is 26.5 Å². The van der Waals surface area contributed by atoms with Crippen molar-refractivity contribution >= 4 is 34.4 Å². The van der Waals surface area contributed by atoms with Crippen LogP contribution in [-0.4, -0.2) is 39.1 Å². The summed E-state index contributed by atoms with van der Waals surface area (Å²) in [4.78, 5) is 11.2. The van der Waals surface area contributed by atoms with Crippen LogP contribution >= 0.6 is 23.2 Å². The van der Waals surface area contributed by atoms with Crippen molar-refractivity contribution in [1.82, 2.24) is 19.4 Å². The molecule has 0 amide bonds. The number of hydrogen-bond donors (Lipinski definition) is 0. The van der Waals surface area contributed by atoms with E-state index in [-0.39, 0.29) is 0 Å². The van der Waals surface area contributed by atoms with Gasteiger partial charge < -0.3 is 9.47 Å². The van der Waals surface area contributed by atoms with Gasteiger partial charge in [-0.2, -0.15) is 0 Å². The van der Waals surface area contributed by atoms with Crippen molar-refractivity contribution in [1.29, 1.82) is 0 Å². The molecule has 0 aliphatic rings. The fourth-order valence-corrected chi connectivity index (χ4v) is 2.52. The topological polar surface area (TPSA) is 34.0 Å². The molecule has 2 rings (SSSR count). The Balaban J connectivity index is 2.24. The second-order valence-corrected chi connectivity index (χ2v) is 5.75. The number of imidazole rings is 1. The monoisotopic (exact) mass is 314 g/mol. The minimum absolute atomic E-state index is 0.376. The Bertz CT molecular complexity index is 582. The van der Waals surface area contributed by atoms with E-state index in [1.807, 2.05) is 6.07 Å². The lowest BCUT2D eigenvalue weighted by Gasteiger charge is -2.23. The summed E-state index contributed by atoms with van der Waals surface area (Å²) in [6.07, 6.45) is 2.79. The zero-order valence-electron chi connectivity index (χ0n) is 12.1. The van der Waals surface area contributed by atoms with E-state index in [2.05, 4.69) is 40.3 Å². The number of pyridine rings is 1. The maximum absolute atomic E-state index is 5.99. The van der Waals surface area contributed by atoms with E-state index in [1.54, 1.807) is 6.20 Å². The van der Waals surface area contributed by atoms with Gasteiger partial charge in [-0.1, -0.05) is 18.5 Å². The molecule has 0 saturated carbocycles. The number of hydrogen-bond acceptors (Lipinski definition) is 3. The Morgan fingerprint density at radius 2 is 2.20 bits per heavy atom. The number of aromatic nitrogens is 3. The molecule has 6 heteroatoms. The van der Waals surface area contributed by atoms with Crippen molar-refractivity contribution in [3.8, 4) is 0 Å². The van der Waals surface area contributed by atoms with Gasteiger partial charge in [0, 0.05) is 25.3 Å². The van der Waals surface area contributed by atoms with E-state index in [1.165, 1.54) is 0 Å². The highest BCUT2D eigenvalue weighted by molar-refractivity contribution is 6.31. The number of fused-ring (bicyclic) bond motifs is 1. The number of alkyl halides is 1. The zero-order chi connectivity index (χ0) is 14.7. The summed E-state index contributed by atoms with van der Waals surface area (Å²) in [6, 6.07) is 2.39. The molecule has 110 valence electrons. The van der Waals surface area contributed by atoms with Gasteiger partial charge in [-0.25, -0.2) is 9.97 Å². The normalized spacial score (nSPS) is 13.3. The predicted octanol–water partition coefficient (Wildman–Crippen LogP) is 3.55. The molecular formula is C14H20Cl2N4. The largest absolute Gasteiger partial charge is 0.310 e. The van der Waals surface area contributed by atoms with Crippen molar-refractivity contribution in [3.63, 3.8) is 0 Å². The molecule has 1 atom stereocenters. The summed E-state index contributed by atoms with van der Waals surface area (Å²) in [5.41, 5.74) is 1.65. The molecule has 0 spiro atoms. The maximum atomic E-state index is 5.99. The molecule has 0 saturated heterocycles. The van der Waals surface area contributed by atoms with Crippen LogP contribution in [0.5, 0.6) is 0 Å². The lowest BCUT2D eigenvalue weighted by molar-refractivity contribution is 0.242. The lowest BCUT2D eigenvalue weighted by Crippen LogP contribution is -2.31. The Morgan fingerprint density at radius 3 is 2.85 bits per heavy atom. The van der Waals surface area contributed by atoms with E-state index in [0.717, 1.165) is 36.5 Å². The number of rotatable bonds is 6. The quantitative estimate of drug-likeness (QED) is 0.765. The SMILES string of the molecule is CCC(C)N(C)CCn1c(CCl)nc2cc(Cl)cnc21. The second kappa shape index (κ2) is 6.74. The molecule has 2 aromatic heterocycles. The molecule has 0 bridgehead atoms. The van der Waals surface area contributed by atoms with Crippen molar-refractivity contribution in [2.24, 2.45) is 0 Å². The molecule has 4 nitrogen and oxygen atoms in total.